The van der Waals surface area contributed by atoms with E-state index in [0.717, 1.165) is 11.3 Å². The molecule has 0 amide bonds. The Kier molecular flexibility index (Phi) is 4.23. The minimum Gasteiger partial charge on any atom is -0.480 e. The highest BCUT2D eigenvalue weighted by Gasteiger charge is 2.34. The number of thiophene rings is 1. The summed E-state index contributed by atoms with van der Waals surface area (Å²) in [6.07, 6.45) is 0. The van der Waals surface area contributed by atoms with Crippen LogP contribution in [-0.2, 0) is 15.5 Å². The first kappa shape index (κ1) is 13.3. The van der Waals surface area contributed by atoms with Gasteiger partial charge < -0.3 is 9.84 Å². The third kappa shape index (κ3) is 3.40. The number of aliphatic carboxylic acids is 1. The number of rotatable bonds is 5. The van der Waals surface area contributed by atoms with Crippen molar-refractivity contribution in [2.45, 2.75) is 12.8 Å². The van der Waals surface area contributed by atoms with Gasteiger partial charge in [-0.3, -0.25) is 0 Å². The number of carboxylic acid groups (broad SMARTS) is 1. The van der Waals surface area contributed by atoms with Crippen molar-refractivity contribution in [2.24, 2.45) is 0 Å². The molecule has 1 heterocycles. The lowest BCUT2D eigenvalue weighted by Gasteiger charge is -2.13. The third-order valence-electron chi connectivity index (χ3n) is 1.73. The fourth-order valence-corrected chi connectivity index (χ4v) is 2.14. The van der Waals surface area contributed by atoms with Gasteiger partial charge >= 0.3 is 11.9 Å². The van der Waals surface area contributed by atoms with Crippen LogP contribution >= 0.6 is 22.9 Å². The first-order valence-electron chi connectivity index (χ1n) is 4.26. The van der Waals surface area contributed by atoms with Crippen molar-refractivity contribution < 1.29 is 23.4 Å². The minimum absolute atomic E-state index is 0.222. The normalized spacial score (nSPS) is 11.8. The van der Waals surface area contributed by atoms with Crippen LogP contribution in [0.1, 0.15) is 10.4 Å². The third-order valence-corrected chi connectivity index (χ3v) is 3.39. The van der Waals surface area contributed by atoms with E-state index in [9.17, 15) is 13.6 Å². The van der Waals surface area contributed by atoms with Gasteiger partial charge in [0.15, 0.2) is 0 Å². The van der Waals surface area contributed by atoms with Crippen molar-refractivity contribution >= 4 is 28.9 Å². The van der Waals surface area contributed by atoms with Crippen LogP contribution in [-0.4, -0.2) is 24.3 Å². The Morgan fingerprint density at radius 3 is 2.75 bits per heavy atom. The first-order chi connectivity index (χ1) is 7.33. The smallest absolute Gasteiger partial charge is 0.329 e. The van der Waals surface area contributed by atoms with Gasteiger partial charge in [-0.15, -0.1) is 11.3 Å². The van der Waals surface area contributed by atoms with Gasteiger partial charge in [0, 0.05) is 0 Å². The van der Waals surface area contributed by atoms with Crippen LogP contribution in [0.5, 0.6) is 0 Å². The quantitative estimate of drug-likeness (QED) is 0.895. The van der Waals surface area contributed by atoms with Crippen molar-refractivity contribution in [3.63, 3.8) is 0 Å². The summed E-state index contributed by atoms with van der Waals surface area (Å²) < 4.78 is 31.5. The zero-order valence-corrected chi connectivity index (χ0v) is 9.87. The maximum Gasteiger partial charge on any atom is 0.329 e. The Balaban J connectivity index is 2.66. The van der Waals surface area contributed by atoms with Crippen LogP contribution in [0.3, 0.4) is 0 Å². The second kappa shape index (κ2) is 5.07. The Hall–Kier alpha value is -0.720. The van der Waals surface area contributed by atoms with E-state index in [4.69, 9.17) is 16.7 Å². The molecule has 0 radical (unpaired) electrons. The highest BCUT2D eigenvalue weighted by atomic mass is 35.5. The zero-order chi connectivity index (χ0) is 12.3. The molecule has 0 saturated heterocycles. The number of ether oxygens (including phenoxy) is 1. The molecule has 90 valence electrons. The van der Waals surface area contributed by atoms with Crippen molar-refractivity contribution in [3.8, 4) is 0 Å². The van der Waals surface area contributed by atoms with E-state index in [0.29, 0.717) is 9.90 Å². The van der Waals surface area contributed by atoms with Crippen LogP contribution < -0.4 is 0 Å². The molecule has 0 fully saturated rings. The highest BCUT2D eigenvalue weighted by molar-refractivity contribution is 7.16. The van der Waals surface area contributed by atoms with E-state index < -0.39 is 25.1 Å². The Morgan fingerprint density at radius 1 is 1.69 bits per heavy atom. The first-order valence-corrected chi connectivity index (χ1v) is 5.46. The zero-order valence-electron chi connectivity index (χ0n) is 8.30. The number of halogens is 3. The fraction of sp³-hybridized carbons (Fsp3) is 0.444. The Bertz CT molecular complexity index is 373. The second-order valence-corrected chi connectivity index (χ2v) is 4.81. The number of carbonyl (C=O) groups is 1. The lowest BCUT2D eigenvalue weighted by atomic mass is 10.2. The molecule has 0 aliphatic heterocycles. The molecule has 0 bridgehead atoms. The van der Waals surface area contributed by atoms with Gasteiger partial charge in [0.2, 0.25) is 0 Å². The topological polar surface area (TPSA) is 46.5 Å². The average molecular weight is 271 g/mol. The number of alkyl halides is 2. The van der Waals surface area contributed by atoms with E-state index in [2.05, 4.69) is 4.74 Å². The Labute approximate surface area is 99.6 Å². The highest BCUT2D eigenvalue weighted by Crippen LogP contribution is 2.37. The fourth-order valence-electron chi connectivity index (χ4n) is 0.978. The van der Waals surface area contributed by atoms with Crippen LogP contribution in [0, 0.1) is 6.92 Å². The minimum atomic E-state index is -3.21. The van der Waals surface area contributed by atoms with E-state index >= 15 is 0 Å². The second-order valence-electron chi connectivity index (χ2n) is 3.16. The molecule has 1 rings (SSSR count). The number of hydrogen-bond donors (Lipinski definition) is 1. The molecule has 1 aromatic rings. The summed E-state index contributed by atoms with van der Waals surface area (Å²) in [5.41, 5.74) is 0.569. The summed E-state index contributed by atoms with van der Waals surface area (Å²) in [6.45, 7) is -0.0836. The molecular formula is C9H9ClF2O3S. The van der Waals surface area contributed by atoms with E-state index in [1.807, 2.05) is 0 Å². The molecule has 0 saturated carbocycles. The molecule has 0 aromatic carbocycles. The largest absolute Gasteiger partial charge is 0.480 e. The maximum atomic E-state index is 13.4. The molecule has 7 heteroatoms. The summed E-state index contributed by atoms with van der Waals surface area (Å²) in [6, 6.07) is 1.27. The summed E-state index contributed by atoms with van der Waals surface area (Å²) in [7, 11) is 0. The van der Waals surface area contributed by atoms with Crippen LogP contribution in [0.2, 0.25) is 4.34 Å². The SMILES string of the molecule is Cc1cc(C(F)(F)COCC(=O)O)sc1Cl. The van der Waals surface area contributed by atoms with Gasteiger partial charge in [-0.25, -0.2) is 4.79 Å². The Morgan fingerprint density at radius 2 is 2.31 bits per heavy atom. The lowest BCUT2D eigenvalue weighted by Crippen LogP contribution is -2.22. The maximum absolute atomic E-state index is 13.4. The van der Waals surface area contributed by atoms with E-state index in [1.54, 1.807) is 6.92 Å². The van der Waals surface area contributed by atoms with Gasteiger partial charge in [-0.2, -0.15) is 8.78 Å². The van der Waals surface area contributed by atoms with Gasteiger partial charge in [0.25, 0.3) is 0 Å². The van der Waals surface area contributed by atoms with Crippen LogP contribution in [0.25, 0.3) is 0 Å². The number of hydrogen-bond acceptors (Lipinski definition) is 3. The lowest BCUT2D eigenvalue weighted by molar-refractivity contribution is -0.147. The molecule has 0 aliphatic rings. The van der Waals surface area contributed by atoms with Crippen LogP contribution in [0.15, 0.2) is 6.07 Å². The molecule has 0 aliphatic carbocycles. The summed E-state index contributed by atoms with van der Waals surface area (Å²) in [4.78, 5) is 9.87. The monoisotopic (exact) mass is 270 g/mol. The van der Waals surface area contributed by atoms with Crippen molar-refractivity contribution in [2.75, 3.05) is 13.2 Å². The van der Waals surface area contributed by atoms with E-state index in [1.165, 1.54) is 6.07 Å². The number of aryl methyl sites for hydroxylation is 1. The molecular weight excluding hydrogens is 262 g/mol. The molecule has 1 aromatic heterocycles. The van der Waals surface area contributed by atoms with Gasteiger partial charge in [-0.05, 0) is 18.6 Å². The predicted octanol–water partition coefficient (Wildman–Crippen LogP) is 2.90. The van der Waals surface area contributed by atoms with Crippen molar-refractivity contribution in [3.05, 3.63) is 20.8 Å². The van der Waals surface area contributed by atoms with Gasteiger partial charge in [0.1, 0.15) is 13.2 Å². The molecule has 0 spiro atoms. The number of carboxylic acids is 1. The van der Waals surface area contributed by atoms with E-state index in [-0.39, 0.29) is 4.88 Å². The van der Waals surface area contributed by atoms with Gasteiger partial charge in [0.05, 0.1) is 9.21 Å². The summed E-state index contributed by atoms with van der Waals surface area (Å²) in [5, 5.41) is 8.24. The molecule has 0 atom stereocenters. The molecule has 1 N–H and O–H groups in total. The van der Waals surface area contributed by atoms with Crippen LogP contribution in [0.4, 0.5) is 8.78 Å². The molecule has 3 nitrogen and oxygen atoms in total. The average Bonchev–Trinajstić information content (AvgIpc) is 2.46. The van der Waals surface area contributed by atoms with Gasteiger partial charge in [-0.1, -0.05) is 11.6 Å². The molecule has 16 heavy (non-hydrogen) atoms. The predicted molar refractivity (Wildman–Crippen MR) is 56.4 cm³/mol. The summed E-state index contributed by atoms with van der Waals surface area (Å²) in [5.74, 6) is -4.49. The standard InChI is InChI=1S/C9H9ClF2O3S/c1-5-2-6(16-8(5)10)9(11,12)4-15-3-7(13)14/h2H,3-4H2,1H3,(H,13,14). The van der Waals surface area contributed by atoms with Crippen molar-refractivity contribution in [1.82, 2.24) is 0 Å². The molecule has 0 unspecified atom stereocenters. The summed E-state index contributed by atoms with van der Waals surface area (Å²) >= 11 is 6.44. The van der Waals surface area contributed by atoms with Crippen molar-refractivity contribution in [1.29, 1.82) is 0 Å².